The molecule has 1 aliphatic heterocycles. The van der Waals surface area contributed by atoms with Gasteiger partial charge in [-0.25, -0.2) is 0 Å². The normalized spacial score (nSPS) is 24.3. The molecule has 0 amide bonds. The highest BCUT2D eigenvalue weighted by Crippen LogP contribution is 2.40. The lowest BCUT2D eigenvalue weighted by molar-refractivity contribution is -0.123. The molecule has 0 saturated carbocycles. The molecule has 0 aliphatic carbocycles. The molecule has 0 radical (unpaired) electrons. The molecule has 1 aromatic rings. The van der Waals surface area contributed by atoms with Gasteiger partial charge in [0.2, 0.25) is 0 Å². The maximum absolute atomic E-state index is 11.6. The maximum atomic E-state index is 11.6. The number of carbonyl (C=O) groups excluding carboxylic acids is 1. The van der Waals surface area contributed by atoms with Crippen LogP contribution in [0, 0.1) is 5.92 Å². The molecule has 0 spiro atoms. The number of ether oxygens (including phenoxy) is 1. The minimum absolute atomic E-state index is 0.0345. The van der Waals surface area contributed by atoms with Gasteiger partial charge >= 0.3 is 0 Å². The third kappa shape index (κ3) is 2.21. The third-order valence-corrected chi connectivity index (χ3v) is 2.79. The number of benzene rings is 1. The van der Waals surface area contributed by atoms with Crippen molar-refractivity contribution in [2.45, 2.75) is 26.1 Å². The number of hydrogen-bond acceptors (Lipinski definition) is 2. The largest absolute Gasteiger partial charge is 0.356 e. The van der Waals surface area contributed by atoms with Crippen molar-refractivity contribution in [3.63, 3.8) is 0 Å². The van der Waals surface area contributed by atoms with E-state index < -0.39 is 0 Å². The van der Waals surface area contributed by atoms with E-state index in [1.54, 1.807) is 0 Å². The lowest BCUT2D eigenvalue weighted by Gasteiger charge is -1.99. The van der Waals surface area contributed by atoms with Crippen LogP contribution in [-0.4, -0.2) is 11.9 Å². The zero-order valence-electron chi connectivity index (χ0n) is 8.74. The van der Waals surface area contributed by atoms with Crippen LogP contribution in [0.25, 0.3) is 0 Å². The molecule has 15 heavy (non-hydrogen) atoms. The molecule has 1 aromatic carbocycles. The second-order valence-corrected chi connectivity index (χ2v) is 4.52. The average Bonchev–Trinajstić information content (AvgIpc) is 2.97. The van der Waals surface area contributed by atoms with Gasteiger partial charge in [-0.2, -0.15) is 0 Å². The van der Waals surface area contributed by atoms with Gasteiger partial charge in [0, 0.05) is 10.9 Å². The Balaban J connectivity index is 2.05. The van der Waals surface area contributed by atoms with Crippen LogP contribution < -0.4 is 0 Å². The number of ketones is 1. The van der Waals surface area contributed by atoms with E-state index in [2.05, 4.69) is 0 Å². The van der Waals surface area contributed by atoms with Gasteiger partial charge in [0.05, 0.1) is 0 Å². The Labute approximate surface area is 94.2 Å². The fraction of sp³-hybridized carbons (Fsp3) is 0.417. The summed E-state index contributed by atoms with van der Waals surface area (Å²) in [5.41, 5.74) is 1.03. The highest BCUT2D eigenvalue weighted by atomic mass is 35.5. The van der Waals surface area contributed by atoms with E-state index >= 15 is 0 Å². The Hall–Kier alpha value is -0.860. The van der Waals surface area contributed by atoms with Crippen LogP contribution in [0.3, 0.4) is 0 Å². The molecule has 0 unspecified atom stereocenters. The summed E-state index contributed by atoms with van der Waals surface area (Å²) in [5, 5.41) is 0.700. The van der Waals surface area contributed by atoms with Gasteiger partial charge in [-0.05, 0) is 17.7 Å². The first-order chi connectivity index (χ1) is 7.09. The molecule has 0 aromatic heterocycles. The topological polar surface area (TPSA) is 29.6 Å². The Morgan fingerprint density at radius 1 is 1.33 bits per heavy atom. The number of carbonyl (C=O) groups is 1. The van der Waals surface area contributed by atoms with Gasteiger partial charge in [-0.1, -0.05) is 37.6 Å². The summed E-state index contributed by atoms with van der Waals surface area (Å²) in [7, 11) is 0. The van der Waals surface area contributed by atoms with E-state index in [4.69, 9.17) is 16.3 Å². The summed E-state index contributed by atoms with van der Waals surface area (Å²) in [6, 6.07) is 7.44. The Morgan fingerprint density at radius 2 is 1.93 bits per heavy atom. The van der Waals surface area contributed by atoms with Crippen LogP contribution in [0.2, 0.25) is 5.02 Å². The Morgan fingerprint density at radius 3 is 2.47 bits per heavy atom. The molecule has 80 valence electrons. The molecule has 1 saturated heterocycles. The lowest BCUT2D eigenvalue weighted by Crippen LogP contribution is -2.14. The van der Waals surface area contributed by atoms with E-state index in [9.17, 15) is 4.79 Å². The van der Waals surface area contributed by atoms with Crippen molar-refractivity contribution in [1.82, 2.24) is 0 Å². The van der Waals surface area contributed by atoms with E-state index in [1.165, 1.54) is 0 Å². The highest BCUT2D eigenvalue weighted by Gasteiger charge is 2.46. The standard InChI is InChI=1S/C12H13ClO2/c1-7(2)10(14)12-11(15-12)8-3-5-9(13)6-4-8/h3-7,11-12H,1-2H3/t11-,12-/m1/s1. The number of rotatable bonds is 3. The monoisotopic (exact) mass is 224 g/mol. The summed E-state index contributed by atoms with van der Waals surface area (Å²) < 4.78 is 5.37. The summed E-state index contributed by atoms with van der Waals surface area (Å²) in [6.07, 6.45) is -0.302. The van der Waals surface area contributed by atoms with Crippen molar-refractivity contribution in [2.75, 3.05) is 0 Å². The van der Waals surface area contributed by atoms with E-state index in [1.807, 2.05) is 38.1 Å². The number of epoxide rings is 1. The molecule has 2 rings (SSSR count). The van der Waals surface area contributed by atoms with Crippen LogP contribution >= 0.6 is 11.6 Å². The SMILES string of the molecule is CC(C)C(=O)[C@H]1O[C@@H]1c1ccc(Cl)cc1. The second-order valence-electron chi connectivity index (χ2n) is 4.09. The van der Waals surface area contributed by atoms with Gasteiger partial charge in [0.1, 0.15) is 12.2 Å². The zero-order valence-corrected chi connectivity index (χ0v) is 9.49. The van der Waals surface area contributed by atoms with E-state index in [-0.39, 0.29) is 23.9 Å². The quantitative estimate of drug-likeness (QED) is 0.739. The van der Waals surface area contributed by atoms with Crippen LogP contribution in [0.15, 0.2) is 24.3 Å². The Kier molecular flexibility index (Phi) is 2.81. The average molecular weight is 225 g/mol. The number of hydrogen-bond donors (Lipinski definition) is 0. The first-order valence-electron chi connectivity index (χ1n) is 5.04. The fourth-order valence-electron chi connectivity index (χ4n) is 1.56. The summed E-state index contributed by atoms with van der Waals surface area (Å²) in [5.74, 6) is 0.210. The summed E-state index contributed by atoms with van der Waals surface area (Å²) in [4.78, 5) is 11.6. The van der Waals surface area contributed by atoms with Gasteiger partial charge in [0.25, 0.3) is 0 Å². The minimum Gasteiger partial charge on any atom is -0.356 e. The molecule has 1 heterocycles. The van der Waals surface area contributed by atoms with Crippen LogP contribution in [0.4, 0.5) is 0 Å². The predicted octanol–water partition coefficient (Wildman–Crippen LogP) is 3.01. The minimum atomic E-state index is -0.244. The van der Waals surface area contributed by atoms with Crippen molar-refractivity contribution in [3.8, 4) is 0 Å². The Bertz CT molecular complexity index is 370. The van der Waals surface area contributed by atoms with Crippen LogP contribution in [0.5, 0.6) is 0 Å². The molecule has 3 heteroatoms. The van der Waals surface area contributed by atoms with Crippen molar-refractivity contribution in [3.05, 3.63) is 34.9 Å². The summed E-state index contributed by atoms with van der Waals surface area (Å²) in [6.45, 7) is 3.78. The van der Waals surface area contributed by atoms with E-state index in [0.29, 0.717) is 5.02 Å². The fourth-order valence-corrected chi connectivity index (χ4v) is 1.69. The summed E-state index contributed by atoms with van der Waals surface area (Å²) >= 11 is 5.78. The van der Waals surface area contributed by atoms with Crippen LogP contribution in [-0.2, 0) is 9.53 Å². The van der Waals surface area contributed by atoms with Gasteiger partial charge in [-0.15, -0.1) is 0 Å². The molecule has 1 aliphatic rings. The van der Waals surface area contributed by atoms with Gasteiger partial charge < -0.3 is 4.74 Å². The smallest absolute Gasteiger partial charge is 0.167 e. The van der Waals surface area contributed by atoms with Gasteiger partial charge in [0.15, 0.2) is 5.78 Å². The zero-order chi connectivity index (χ0) is 11.0. The first kappa shape index (κ1) is 10.7. The van der Waals surface area contributed by atoms with Crippen molar-refractivity contribution >= 4 is 17.4 Å². The predicted molar refractivity (Wildman–Crippen MR) is 58.9 cm³/mol. The highest BCUT2D eigenvalue weighted by molar-refractivity contribution is 6.30. The van der Waals surface area contributed by atoms with Crippen molar-refractivity contribution in [1.29, 1.82) is 0 Å². The lowest BCUT2D eigenvalue weighted by atomic mass is 10.0. The molecule has 1 fully saturated rings. The molecular formula is C12H13ClO2. The molecule has 0 N–H and O–H groups in total. The van der Waals surface area contributed by atoms with Crippen molar-refractivity contribution < 1.29 is 9.53 Å². The van der Waals surface area contributed by atoms with Crippen molar-refractivity contribution in [2.24, 2.45) is 5.92 Å². The first-order valence-corrected chi connectivity index (χ1v) is 5.42. The maximum Gasteiger partial charge on any atom is 0.167 e. The molecule has 2 nitrogen and oxygen atoms in total. The molecule has 2 atom stereocenters. The third-order valence-electron chi connectivity index (χ3n) is 2.54. The molecule has 0 bridgehead atoms. The van der Waals surface area contributed by atoms with Crippen LogP contribution in [0.1, 0.15) is 25.5 Å². The van der Waals surface area contributed by atoms with E-state index in [0.717, 1.165) is 5.56 Å². The molecular weight excluding hydrogens is 212 g/mol. The number of halogens is 1. The van der Waals surface area contributed by atoms with Gasteiger partial charge in [-0.3, -0.25) is 4.79 Å². The number of Topliss-reactive ketones (excluding diaryl/α,β-unsaturated/α-hetero) is 1. The second kappa shape index (κ2) is 3.95.